The third-order valence-corrected chi connectivity index (χ3v) is 5.09. The van der Waals surface area contributed by atoms with Crippen molar-refractivity contribution in [2.24, 2.45) is 0 Å². The fourth-order valence-corrected chi connectivity index (χ4v) is 3.68. The van der Waals surface area contributed by atoms with E-state index in [9.17, 15) is 9.90 Å². The Kier molecular flexibility index (Phi) is 4.58. The van der Waals surface area contributed by atoms with E-state index in [1.54, 1.807) is 18.6 Å². The van der Waals surface area contributed by atoms with Crippen LogP contribution in [0.3, 0.4) is 0 Å². The topological polar surface area (TPSA) is 78.4 Å². The van der Waals surface area contributed by atoms with Gasteiger partial charge in [-0.25, -0.2) is 4.98 Å². The first-order chi connectivity index (χ1) is 11.1. The Morgan fingerprint density at radius 1 is 1.52 bits per heavy atom. The number of carbonyl (C=O) groups excluding carboxylic acids is 1. The lowest BCUT2D eigenvalue weighted by molar-refractivity contribution is 0.0254. The van der Waals surface area contributed by atoms with Crippen LogP contribution in [0, 0.1) is 6.92 Å². The summed E-state index contributed by atoms with van der Waals surface area (Å²) >= 11 is 1.42. The van der Waals surface area contributed by atoms with Gasteiger partial charge in [0.25, 0.3) is 5.91 Å². The highest BCUT2D eigenvalue weighted by Gasteiger charge is 2.34. The number of nitrogens with one attached hydrogen (secondary N) is 1. The molecular weight excluding hydrogens is 312 g/mol. The zero-order valence-corrected chi connectivity index (χ0v) is 13.8. The molecule has 3 heterocycles. The van der Waals surface area contributed by atoms with Crippen LogP contribution in [0.1, 0.15) is 28.1 Å². The van der Waals surface area contributed by atoms with Crippen LogP contribution in [-0.2, 0) is 0 Å². The summed E-state index contributed by atoms with van der Waals surface area (Å²) in [5.74, 6) is 0.633. The maximum absolute atomic E-state index is 12.2. The van der Waals surface area contributed by atoms with Crippen molar-refractivity contribution in [3.8, 4) is 0 Å². The number of aryl methyl sites for hydroxylation is 1. The molecule has 0 spiro atoms. The second-order valence-electron chi connectivity index (χ2n) is 5.93. The Labute approximate surface area is 139 Å². The summed E-state index contributed by atoms with van der Waals surface area (Å²) in [7, 11) is 0. The van der Waals surface area contributed by atoms with Gasteiger partial charge in [0, 0.05) is 32.0 Å². The Morgan fingerprint density at radius 2 is 2.39 bits per heavy atom. The van der Waals surface area contributed by atoms with Crippen LogP contribution in [0.25, 0.3) is 0 Å². The molecule has 0 radical (unpaired) electrons. The van der Waals surface area contributed by atoms with E-state index in [-0.39, 0.29) is 12.5 Å². The Bertz CT molecular complexity index is 676. The zero-order chi connectivity index (χ0) is 16.3. The first kappa shape index (κ1) is 15.9. The third kappa shape index (κ3) is 3.68. The molecule has 0 unspecified atom stereocenters. The van der Waals surface area contributed by atoms with Crippen molar-refractivity contribution >= 4 is 23.1 Å². The lowest BCUT2D eigenvalue weighted by Gasteiger charge is -2.39. The Morgan fingerprint density at radius 3 is 3.09 bits per heavy atom. The van der Waals surface area contributed by atoms with Gasteiger partial charge in [-0.2, -0.15) is 0 Å². The smallest absolute Gasteiger partial charge is 0.261 e. The highest BCUT2D eigenvalue weighted by Crippen LogP contribution is 2.24. The molecule has 6 nitrogen and oxygen atoms in total. The molecule has 1 atom stereocenters. The number of nitrogens with zero attached hydrogens (tertiary/aromatic N) is 3. The Hall–Kier alpha value is -1.99. The van der Waals surface area contributed by atoms with Crippen molar-refractivity contribution in [3.63, 3.8) is 0 Å². The van der Waals surface area contributed by atoms with Crippen LogP contribution in [0.5, 0.6) is 0 Å². The predicted molar refractivity (Wildman–Crippen MR) is 89.8 cm³/mol. The molecule has 1 amide bonds. The number of thiophene rings is 1. The highest BCUT2D eigenvalue weighted by atomic mass is 32.1. The van der Waals surface area contributed by atoms with Gasteiger partial charge >= 0.3 is 0 Å². The fourth-order valence-electron chi connectivity index (χ4n) is 2.84. The number of hydrogen-bond donors (Lipinski definition) is 2. The summed E-state index contributed by atoms with van der Waals surface area (Å²) < 4.78 is 0. The van der Waals surface area contributed by atoms with Gasteiger partial charge in [-0.1, -0.05) is 0 Å². The van der Waals surface area contributed by atoms with Gasteiger partial charge in [0.05, 0.1) is 16.7 Å². The first-order valence-electron chi connectivity index (χ1n) is 7.63. The van der Waals surface area contributed by atoms with Crippen LogP contribution in [0.2, 0.25) is 0 Å². The van der Waals surface area contributed by atoms with E-state index in [2.05, 4.69) is 15.3 Å². The van der Waals surface area contributed by atoms with E-state index in [0.29, 0.717) is 17.8 Å². The number of β-amino-alcohol motifs (C(OH)–C–C–N with tert-alkyl or cyclic N) is 1. The zero-order valence-electron chi connectivity index (χ0n) is 13.0. The SMILES string of the molecule is Cc1ccsc1C(=O)NC[C@@]1(O)CCCN(c2cnccn2)C1. The van der Waals surface area contributed by atoms with Gasteiger partial charge in [0.1, 0.15) is 5.82 Å². The van der Waals surface area contributed by atoms with E-state index in [0.717, 1.165) is 24.3 Å². The van der Waals surface area contributed by atoms with Crippen LogP contribution < -0.4 is 10.2 Å². The minimum atomic E-state index is -0.948. The summed E-state index contributed by atoms with van der Waals surface area (Å²) in [6.07, 6.45) is 6.47. The highest BCUT2D eigenvalue weighted by molar-refractivity contribution is 7.12. The standard InChI is InChI=1S/C16H20N4O2S/c1-12-3-8-23-14(12)15(21)19-10-16(22)4-2-7-20(11-16)13-9-17-5-6-18-13/h3,5-6,8-9,22H,2,4,7,10-11H2,1H3,(H,19,21)/t16-/m0/s1. The molecule has 3 rings (SSSR count). The van der Waals surface area contributed by atoms with Crippen molar-refractivity contribution < 1.29 is 9.90 Å². The van der Waals surface area contributed by atoms with Crippen LogP contribution >= 0.6 is 11.3 Å². The van der Waals surface area contributed by atoms with Gasteiger partial charge in [0.15, 0.2) is 0 Å². The van der Waals surface area contributed by atoms with Crippen molar-refractivity contribution in [1.82, 2.24) is 15.3 Å². The summed E-state index contributed by atoms with van der Waals surface area (Å²) in [5.41, 5.74) is 0.0145. The number of hydrogen-bond acceptors (Lipinski definition) is 6. The number of aliphatic hydroxyl groups is 1. The molecule has 23 heavy (non-hydrogen) atoms. The molecular formula is C16H20N4O2S. The predicted octanol–water partition coefficient (Wildman–Crippen LogP) is 1.61. The molecule has 1 aliphatic rings. The number of amides is 1. The molecule has 0 aromatic carbocycles. The lowest BCUT2D eigenvalue weighted by atomic mass is 9.92. The summed E-state index contributed by atoms with van der Waals surface area (Å²) in [6, 6.07) is 1.92. The number of aromatic nitrogens is 2. The summed E-state index contributed by atoms with van der Waals surface area (Å²) in [4.78, 5) is 23.3. The van der Waals surface area contributed by atoms with Crippen LogP contribution in [0.15, 0.2) is 30.0 Å². The largest absolute Gasteiger partial charge is 0.386 e. The fraction of sp³-hybridized carbons (Fsp3) is 0.438. The average molecular weight is 332 g/mol. The molecule has 0 aliphatic carbocycles. The van der Waals surface area contributed by atoms with E-state index in [4.69, 9.17) is 0 Å². The quantitative estimate of drug-likeness (QED) is 0.889. The molecule has 7 heteroatoms. The molecule has 122 valence electrons. The molecule has 0 saturated carbocycles. The molecule has 2 aromatic rings. The summed E-state index contributed by atoms with van der Waals surface area (Å²) in [5, 5.41) is 15.6. The van der Waals surface area contributed by atoms with Crippen molar-refractivity contribution in [2.75, 3.05) is 24.5 Å². The molecule has 2 N–H and O–H groups in total. The third-order valence-electron chi connectivity index (χ3n) is 4.08. The van der Waals surface area contributed by atoms with Crippen molar-refractivity contribution in [3.05, 3.63) is 40.5 Å². The van der Waals surface area contributed by atoms with E-state index >= 15 is 0 Å². The van der Waals surface area contributed by atoms with E-state index in [1.165, 1.54) is 11.3 Å². The van der Waals surface area contributed by atoms with Gasteiger partial charge in [-0.15, -0.1) is 11.3 Å². The van der Waals surface area contributed by atoms with E-state index in [1.807, 2.05) is 23.3 Å². The minimum Gasteiger partial charge on any atom is -0.386 e. The van der Waals surface area contributed by atoms with Crippen LogP contribution in [0.4, 0.5) is 5.82 Å². The second kappa shape index (κ2) is 6.64. The monoisotopic (exact) mass is 332 g/mol. The molecule has 1 aliphatic heterocycles. The first-order valence-corrected chi connectivity index (χ1v) is 8.51. The van der Waals surface area contributed by atoms with Gasteiger partial charge in [-0.05, 0) is 36.8 Å². The van der Waals surface area contributed by atoms with Crippen molar-refractivity contribution in [1.29, 1.82) is 0 Å². The molecule has 1 fully saturated rings. The maximum Gasteiger partial charge on any atom is 0.261 e. The van der Waals surface area contributed by atoms with Crippen LogP contribution in [-0.4, -0.2) is 46.2 Å². The average Bonchev–Trinajstić information content (AvgIpc) is 3.00. The normalized spacial score (nSPS) is 21.2. The number of carbonyl (C=O) groups is 1. The van der Waals surface area contributed by atoms with Gasteiger partial charge in [-0.3, -0.25) is 9.78 Å². The maximum atomic E-state index is 12.2. The molecule has 1 saturated heterocycles. The minimum absolute atomic E-state index is 0.123. The number of anilines is 1. The number of piperidine rings is 1. The molecule has 0 bridgehead atoms. The van der Waals surface area contributed by atoms with Gasteiger partial charge < -0.3 is 15.3 Å². The lowest BCUT2D eigenvalue weighted by Crippen LogP contribution is -2.54. The Balaban J connectivity index is 1.62. The van der Waals surface area contributed by atoms with Crippen molar-refractivity contribution in [2.45, 2.75) is 25.4 Å². The number of rotatable bonds is 4. The summed E-state index contributed by atoms with van der Waals surface area (Å²) in [6.45, 7) is 3.42. The molecule has 2 aromatic heterocycles. The van der Waals surface area contributed by atoms with Gasteiger partial charge in [0.2, 0.25) is 0 Å². The van der Waals surface area contributed by atoms with E-state index < -0.39 is 5.60 Å². The second-order valence-corrected chi connectivity index (χ2v) is 6.84.